The van der Waals surface area contributed by atoms with Gasteiger partial charge in [-0.25, -0.2) is 4.79 Å². The summed E-state index contributed by atoms with van der Waals surface area (Å²) in [5, 5.41) is 20.8. The van der Waals surface area contributed by atoms with Gasteiger partial charge in [0.15, 0.2) is 0 Å². The number of nitro groups is 1. The van der Waals surface area contributed by atoms with E-state index in [0.717, 1.165) is 5.56 Å². The third-order valence-corrected chi connectivity index (χ3v) is 3.87. The highest BCUT2D eigenvalue weighted by atomic mass is 16.6. The molecule has 120 valence electrons. The van der Waals surface area contributed by atoms with Crippen molar-refractivity contribution in [3.05, 3.63) is 82.0 Å². The molecule has 0 fully saturated rings. The molecule has 0 atom stereocenters. The van der Waals surface area contributed by atoms with E-state index in [-0.39, 0.29) is 11.3 Å². The van der Waals surface area contributed by atoms with Crippen molar-refractivity contribution in [1.29, 1.82) is 0 Å². The number of carbonyl (C=O) groups is 1. The summed E-state index contributed by atoms with van der Waals surface area (Å²) in [6, 6.07) is 17.0. The number of para-hydroxylation sites is 2. The van der Waals surface area contributed by atoms with E-state index in [1.165, 1.54) is 6.07 Å². The van der Waals surface area contributed by atoms with Crippen molar-refractivity contribution in [2.45, 2.75) is 6.92 Å². The first-order valence-electron chi connectivity index (χ1n) is 7.25. The summed E-state index contributed by atoms with van der Waals surface area (Å²) < 4.78 is 1.62. The van der Waals surface area contributed by atoms with E-state index >= 15 is 0 Å². The number of benzene rings is 2. The number of carboxylic acids is 1. The fourth-order valence-corrected chi connectivity index (χ4v) is 2.76. The summed E-state index contributed by atoms with van der Waals surface area (Å²) in [7, 11) is 0. The second-order valence-electron chi connectivity index (χ2n) is 5.28. The van der Waals surface area contributed by atoms with Crippen LogP contribution in [0.15, 0.2) is 60.7 Å². The minimum Gasteiger partial charge on any atom is -0.478 e. The van der Waals surface area contributed by atoms with Crippen molar-refractivity contribution in [3.8, 4) is 16.9 Å². The van der Waals surface area contributed by atoms with Gasteiger partial charge in [-0.05, 0) is 24.6 Å². The predicted octanol–water partition coefficient (Wildman–Crippen LogP) is 4.06. The van der Waals surface area contributed by atoms with E-state index < -0.39 is 10.9 Å². The molecule has 24 heavy (non-hydrogen) atoms. The molecule has 0 saturated carbocycles. The first kappa shape index (κ1) is 15.5. The molecule has 3 rings (SSSR count). The first-order valence-corrected chi connectivity index (χ1v) is 7.25. The fourth-order valence-electron chi connectivity index (χ4n) is 2.76. The zero-order valence-corrected chi connectivity index (χ0v) is 12.8. The third kappa shape index (κ3) is 2.54. The van der Waals surface area contributed by atoms with Crippen LogP contribution in [0.3, 0.4) is 0 Å². The van der Waals surface area contributed by atoms with Gasteiger partial charge in [0, 0.05) is 11.8 Å². The molecule has 0 spiro atoms. The zero-order chi connectivity index (χ0) is 17.3. The number of hydrogen-bond acceptors (Lipinski definition) is 3. The maximum absolute atomic E-state index is 11.5. The predicted molar refractivity (Wildman–Crippen MR) is 89.6 cm³/mol. The minimum absolute atomic E-state index is 0.0784. The summed E-state index contributed by atoms with van der Waals surface area (Å²) in [5.41, 5.74) is 2.20. The Balaban J connectivity index is 2.36. The molecule has 2 aromatic carbocycles. The van der Waals surface area contributed by atoms with Gasteiger partial charge in [-0.1, -0.05) is 42.5 Å². The lowest BCUT2D eigenvalue weighted by Crippen LogP contribution is -2.05. The summed E-state index contributed by atoms with van der Waals surface area (Å²) >= 11 is 0. The summed E-state index contributed by atoms with van der Waals surface area (Å²) in [4.78, 5) is 22.4. The summed E-state index contributed by atoms with van der Waals surface area (Å²) in [5.74, 6) is -1.07. The lowest BCUT2D eigenvalue weighted by molar-refractivity contribution is -0.384. The van der Waals surface area contributed by atoms with E-state index in [4.69, 9.17) is 0 Å². The number of carboxylic acid groups (broad SMARTS) is 1. The van der Waals surface area contributed by atoms with Crippen molar-refractivity contribution in [2.75, 3.05) is 0 Å². The van der Waals surface area contributed by atoms with Gasteiger partial charge >= 0.3 is 5.97 Å². The maximum Gasteiger partial charge on any atom is 0.337 e. The van der Waals surface area contributed by atoms with Gasteiger partial charge in [0.2, 0.25) is 0 Å². The van der Waals surface area contributed by atoms with E-state index in [1.807, 2.05) is 30.3 Å². The van der Waals surface area contributed by atoms with Crippen LogP contribution < -0.4 is 0 Å². The van der Waals surface area contributed by atoms with Crippen LogP contribution in [-0.2, 0) is 0 Å². The molecule has 0 radical (unpaired) electrons. The standard InChI is InChI=1S/C18H14N2O4/c1-12-14(18(21)22)11-17(13-7-3-2-4-8-13)19(12)15-9-5-6-10-16(15)20(23)24/h2-11H,1H3,(H,21,22). The lowest BCUT2D eigenvalue weighted by atomic mass is 10.1. The van der Waals surface area contributed by atoms with Crippen LogP contribution in [0.2, 0.25) is 0 Å². The van der Waals surface area contributed by atoms with E-state index in [2.05, 4.69) is 0 Å². The van der Waals surface area contributed by atoms with Crippen molar-refractivity contribution in [2.24, 2.45) is 0 Å². The van der Waals surface area contributed by atoms with Gasteiger partial charge in [0.05, 0.1) is 16.2 Å². The van der Waals surface area contributed by atoms with Gasteiger partial charge in [-0.3, -0.25) is 10.1 Å². The Bertz CT molecular complexity index is 929. The van der Waals surface area contributed by atoms with Gasteiger partial charge < -0.3 is 9.67 Å². The largest absolute Gasteiger partial charge is 0.478 e. The Kier molecular flexibility index (Phi) is 3.87. The molecular weight excluding hydrogens is 308 g/mol. The highest BCUT2D eigenvalue weighted by Crippen LogP contribution is 2.33. The smallest absolute Gasteiger partial charge is 0.337 e. The van der Waals surface area contributed by atoms with Crippen molar-refractivity contribution in [1.82, 2.24) is 4.57 Å². The molecule has 3 aromatic rings. The average molecular weight is 322 g/mol. The second kappa shape index (κ2) is 6.00. The third-order valence-electron chi connectivity index (χ3n) is 3.87. The van der Waals surface area contributed by atoms with Crippen molar-refractivity contribution >= 4 is 11.7 Å². The maximum atomic E-state index is 11.5. The highest BCUT2D eigenvalue weighted by Gasteiger charge is 2.23. The molecule has 0 amide bonds. The molecule has 0 aliphatic carbocycles. The van der Waals surface area contributed by atoms with E-state index in [1.54, 1.807) is 35.8 Å². The Morgan fingerprint density at radius 2 is 1.71 bits per heavy atom. The molecule has 6 nitrogen and oxygen atoms in total. The van der Waals surface area contributed by atoms with Gasteiger partial charge in [-0.2, -0.15) is 0 Å². The van der Waals surface area contributed by atoms with Crippen molar-refractivity contribution in [3.63, 3.8) is 0 Å². The Hall–Kier alpha value is -3.41. The average Bonchev–Trinajstić information content (AvgIpc) is 2.93. The molecular formula is C18H14N2O4. The van der Waals surface area contributed by atoms with Crippen LogP contribution in [0.4, 0.5) is 5.69 Å². The molecule has 0 unspecified atom stereocenters. The minimum atomic E-state index is -1.07. The number of rotatable bonds is 4. The Morgan fingerprint density at radius 3 is 2.33 bits per heavy atom. The van der Waals surface area contributed by atoms with Gasteiger partial charge in [0.25, 0.3) is 5.69 Å². The van der Waals surface area contributed by atoms with Crippen LogP contribution in [0.5, 0.6) is 0 Å². The zero-order valence-electron chi connectivity index (χ0n) is 12.8. The fraction of sp³-hybridized carbons (Fsp3) is 0.0556. The molecule has 6 heteroatoms. The van der Waals surface area contributed by atoms with Crippen LogP contribution in [-0.4, -0.2) is 20.6 Å². The SMILES string of the molecule is Cc1c(C(=O)O)cc(-c2ccccc2)n1-c1ccccc1[N+](=O)[O-]. The van der Waals surface area contributed by atoms with E-state index in [0.29, 0.717) is 17.1 Å². The molecule has 1 N–H and O–H groups in total. The summed E-state index contributed by atoms with van der Waals surface area (Å²) in [6.45, 7) is 1.65. The molecule has 0 bridgehead atoms. The molecule has 1 heterocycles. The van der Waals surface area contributed by atoms with E-state index in [9.17, 15) is 20.0 Å². The Labute approximate surface area is 137 Å². The number of aromatic nitrogens is 1. The van der Waals surface area contributed by atoms with Gasteiger partial charge in [0.1, 0.15) is 5.69 Å². The van der Waals surface area contributed by atoms with Crippen LogP contribution >= 0.6 is 0 Å². The molecule has 0 aliphatic rings. The number of nitro benzene ring substituents is 1. The number of hydrogen-bond donors (Lipinski definition) is 1. The first-order chi connectivity index (χ1) is 11.5. The van der Waals surface area contributed by atoms with Crippen LogP contribution in [0.1, 0.15) is 16.1 Å². The quantitative estimate of drug-likeness (QED) is 0.580. The van der Waals surface area contributed by atoms with Crippen LogP contribution in [0.25, 0.3) is 16.9 Å². The molecule has 0 saturated heterocycles. The monoisotopic (exact) mass is 322 g/mol. The second-order valence-corrected chi connectivity index (χ2v) is 5.28. The Morgan fingerprint density at radius 1 is 1.08 bits per heavy atom. The summed E-state index contributed by atoms with van der Waals surface area (Å²) in [6.07, 6.45) is 0. The van der Waals surface area contributed by atoms with Crippen LogP contribution in [0, 0.1) is 17.0 Å². The van der Waals surface area contributed by atoms with Crippen molar-refractivity contribution < 1.29 is 14.8 Å². The lowest BCUT2D eigenvalue weighted by Gasteiger charge is -2.12. The molecule has 1 aromatic heterocycles. The topological polar surface area (TPSA) is 85.4 Å². The molecule has 0 aliphatic heterocycles. The van der Waals surface area contributed by atoms with Gasteiger partial charge in [-0.15, -0.1) is 0 Å². The number of nitrogens with zero attached hydrogens (tertiary/aromatic N) is 2. The normalized spacial score (nSPS) is 10.5. The number of aromatic carboxylic acids is 1. The highest BCUT2D eigenvalue weighted by molar-refractivity contribution is 5.92.